The first kappa shape index (κ1) is 16.2. The summed E-state index contributed by atoms with van der Waals surface area (Å²) in [6.07, 6.45) is -0.446. The van der Waals surface area contributed by atoms with Crippen molar-refractivity contribution in [3.63, 3.8) is 0 Å². The van der Waals surface area contributed by atoms with E-state index in [1.807, 2.05) is 6.07 Å². The molecule has 3 heteroatoms. The topological polar surface area (TPSA) is 32.7 Å². The fraction of sp³-hybridized carbons (Fsp3) is 0.625. The molecule has 19 heavy (non-hydrogen) atoms. The normalized spacial score (nSPS) is 14.7. The second kappa shape index (κ2) is 7.63. The Balaban J connectivity index is 2.71. The van der Waals surface area contributed by atoms with Gasteiger partial charge in [-0.1, -0.05) is 25.1 Å². The van der Waals surface area contributed by atoms with E-state index < -0.39 is 6.10 Å². The fourth-order valence-corrected chi connectivity index (χ4v) is 2.27. The van der Waals surface area contributed by atoms with Gasteiger partial charge in [0, 0.05) is 19.7 Å². The molecule has 0 spiro atoms. The van der Waals surface area contributed by atoms with Crippen molar-refractivity contribution in [1.82, 2.24) is 4.90 Å². The maximum Gasteiger partial charge on any atom is 0.0917 e. The number of nitrogens with zero attached hydrogens (tertiary/aromatic N) is 1. The molecule has 2 unspecified atom stereocenters. The lowest BCUT2D eigenvalue weighted by Gasteiger charge is -2.29. The molecule has 0 aliphatic rings. The Morgan fingerprint density at radius 1 is 1.26 bits per heavy atom. The summed E-state index contributed by atoms with van der Waals surface area (Å²) in [5, 5.41) is 10.4. The monoisotopic (exact) mass is 265 g/mol. The molecule has 0 bridgehead atoms. The lowest BCUT2D eigenvalue weighted by molar-refractivity contribution is 0.0581. The second-order valence-electron chi connectivity index (χ2n) is 5.25. The number of aryl methyl sites for hydroxylation is 2. The molecule has 0 aromatic heterocycles. The number of benzene rings is 1. The van der Waals surface area contributed by atoms with Gasteiger partial charge in [-0.3, -0.25) is 4.90 Å². The number of hydrogen-bond donors (Lipinski definition) is 1. The number of rotatable bonds is 7. The van der Waals surface area contributed by atoms with Crippen LogP contribution in [-0.4, -0.2) is 42.9 Å². The number of hydrogen-bond acceptors (Lipinski definition) is 3. The standard InChI is InChI=1S/C16H27NO2/c1-6-17(14(4)11-19-5)10-16(18)15-8-7-12(2)13(3)9-15/h7-9,14,16,18H,6,10-11H2,1-5H3. The molecule has 1 rings (SSSR count). The zero-order valence-corrected chi connectivity index (χ0v) is 12.8. The van der Waals surface area contributed by atoms with E-state index in [0.29, 0.717) is 19.2 Å². The molecule has 3 nitrogen and oxygen atoms in total. The van der Waals surface area contributed by atoms with Gasteiger partial charge in [-0.25, -0.2) is 0 Å². The van der Waals surface area contributed by atoms with Crippen LogP contribution in [0.5, 0.6) is 0 Å². The van der Waals surface area contributed by atoms with Crippen molar-refractivity contribution in [3.05, 3.63) is 34.9 Å². The van der Waals surface area contributed by atoms with Gasteiger partial charge in [0.25, 0.3) is 0 Å². The van der Waals surface area contributed by atoms with Gasteiger partial charge in [0.15, 0.2) is 0 Å². The summed E-state index contributed by atoms with van der Waals surface area (Å²) in [4.78, 5) is 2.24. The van der Waals surface area contributed by atoms with Gasteiger partial charge in [0.05, 0.1) is 12.7 Å². The first-order valence-corrected chi connectivity index (χ1v) is 6.97. The highest BCUT2D eigenvalue weighted by Gasteiger charge is 2.17. The molecule has 0 aliphatic carbocycles. The van der Waals surface area contributed by atoms with Crippen LogP contribution < -0.4 is 0 Å². The molecule has 0 amide bonds. The van der Waals surface area contributed by atoms with E-state index in [0.717, 1.165) is 12.1 Å². The molecule has 1 N–H and O–H groups in total. The summed E-state index contributed by atoms with van der Waals surface area (Å²) >= 11 is 0. The van der Waals surface area contributed by atoms with Gasteiger partial charge in [-0.15, -0.1) is 0 Å². The van der Waals surface area contributed by atoms with Gasteiger partial charge < -0.3 is 9.84 Å². The minimum atomic E-state index is -0.446. The van der Waals surface area contributed by atoms with Crippen LogP contribution in [0.25, 0.3) is 0 Å². The first-order chi connectivity index (χ1) is 8.99. The summed E-state index contributed by atoms with van der Waals surface area (Å²) in [5.74, 6) is 0. The first-order valence-electron chi connectivity index (χ1n) is 6.97. The average molecular weight is 265 g/mol. The molecule has 1 aromatic carbocycles. The van der Waals surface area contributed by atoms with Crippen molar-refractivity contribution in [3.8, 4) is 0 Å². The molecular formula is C16H27NO2. The van der Waals surface area contributed by atoms with E-state index in [1.54, 1.807) is 7.11 Å². The van der Waals surface area contributed by atoms with Crippen LogP contribution in [0.4, 0.5) is 0 Å². The number of methoxy groups -OCH3 is 1. The maximum absolute atomic E-state index is 10.4. The summed E-state index contributed by atoms with van der Waals surface area (Å²) in [6.45, 7) is 10.6. The van der Waals surface area contributed by atoms with Crippen LogP contribution in [0.15, 0.2) is 18.2 Å². The zero-order chi connectivity index (χ0) is 14.4. The van der Waals surface area contributed by atoms with Crippen LogP contribution in [-0.2, 0) is 4.74 Å². The Labute approximate surface area is 117 Å². The Bertz CT molecular complexity index is 392. The SMILES string of the molecule is CCN(CC(O)c1ccc(C)c(C)c1)C(C)COC. The van der Waals surface area contributed by atoms with Gasteiger partial charge in [0.1, 0.15) is 0 Å². The number of likely N-dealkylation sites (N-methyl/N-ethyl adjacent to an activating group) is 1. The highest BCUT2D eigenvalue weighted by Crippen LogP contribution is 2.19. The lowest BCUT2D eigenvalue weighted by atomic mass is 10.0. The quantitative estimate of drug-likeness (QED) is 0.823. The van der Waals surface area contributed by atoms with Crippen LogP contribution in [0.1, 0.15) is 36.6 Å². The third kappa shape index (κ3) is 4.60. The smallest absolute Gasteiger partial charge is 0.0917 e. The van der Waals surface area contributed by atoms with Crippen molar-refractivity contribution >= 4 is 0 Å². The van der Waals surface area contributed by atoms with Gasteiger partial charge in [-0.2, -0.15) is 0 Å². The van der Waals surface area contributed by atoms with E-state index in [4.69, 9.17) is 4.74 Å². The Kier molecular flexibility index (Phi) is 6.49. The molecular weight excluding hydrogens is 238 g/mol. The second-order valence-corrected chi connectivity index (χ2v) is 5.25. The molecule has 0 fully saturated rings. The highest BCUT2D eigenvalue weighted by molar-refractivity contribution is 5.31. The summed E-state index contributed by atoms with van der Waals surface area (Å²) in [5.41, 5.74) is 3.48. The van der Waals surface area contributed by atoms with Gasteiger partial charge in [0.2, 0.25) is 0 Å². The Morgan fingerprint density at radius 3 is 2.47 bits per heavy atom. The summed E-state index contributed by atoms with van der Waals surface area (Å²) in [7, 11) is 1.71. The highest BCUT2D eigenvalue weighted by atomic mass is 16.5. The van der Waals surface area contributed by atoms with E-state index in [-0.39, 0.29) is 0 Å². The molecule has 0 saturated carbocycles. The van der Waals surface area contributed by atoms with E-state index in [9.17, 15) is 5.11 Å². The minimum absolute atomic E-state index is 0.316. The molecule has 0 saturated heterocycles. The largest absolute Gasteiger partial charge is 0.387 e. The van der Waals surface area contributed by atoms with Gasteiger partial charge in [-0.05, 0) is 44.0 Å². The van der Waals surface area contributed by atoms with Crippen LogP contribution in [0.2, 0.25) is 0 Å². The molecule has 0 heterocycles. The van der Waals surface area contributed by atoms with Gasteiger partial charge >= 0.3 is 0 Å². The van der Waals surface area contributed by atoms with E-state index in [1.165, 1.54) is 11.1 Å². The summed E-state index contributed by atoms with van der Waals surface area (Å²) in [6, 6.07) is 6.48. The van der Waals surface area contributed by atoms with E-state index >= 15 is 0 Å². The van der Waals surface area contributed by atoms with Crippen LogP contribution in [0.3, 0.4) is 0 Å². The predicted molar refractivity (Wildman–Crippen MR) is 79.5 cm³/mol. The lowest BCUT2D eigenvalue weighted by Crippen LogP contribution is -2.38. The van der Waals surface area contributed by atoms with Crippen LogP contribution >= 0.6 is 0 Å². The van der Waals surface area contributed by atoms with Crippen molar-refractivity contribution in [2.75, 3.05) is 26.8 Å². The number of ether oxygens (including phenoxy) is 1. The Hall–Kier alpha value is -0.900. The van der Waals surface area contributed by atoms with Crippen molar-refractivity contribution in [2.24, 2.45) is 0 Å². The average Bonchev–Trinajstić information content (AvgIpc) is 2.39. The van der Waals surface area contributed by atoms with E-state index in [2.05, 4.69) is 44.7 Å². The zero-order valence-electron chi connectivity index (χ0n) is 12.8. The van der Waals surface area contributed by atoms with Crippen molar-refractivity contribution in [2.45, 2.75) is 39.8 Å². The van der Waals surface area contributed by atoms with Crippen molar-refractivity contribution < 1.29 is 9.84 Å². The number of aliphatic hydroxyl groups is 1. The number of aliphatic hydroxyl groups excluding tert-OH is 1. The Morgan fingerprint density at radius 2 is 1.95 bits per heavy atom. The predicted octanol–water partition coefficient (Wildman–Crippen LogP) is 2.69. The van der Waals surface area contributed by atoms with Crippen molar-refractivity contribution in [1.29, 1.82) is 0 Å². The molecule has 1 aromatic rings. The minimum Gasteiger partial charge on any atom is -0.387 e. The summed E-state index contributed by atoms with van der Waals surface area (Å²) < 4.78 is 5.19. The third-order valence-electron chi connectivity index (χ3n) is 3.76. The maximum atomic E-state index is 10.4. The fourth-order valence-electron chi connectivity index (χ4n) is 2.27. The third-order valence-corrected chi connectivity index (χ3v) is 3.76. The molecule has 2 atom stereocenters. The molecule has 0 aliphatic heterocycles. The molecule has 108 valence electrons. The van der Waals surface area contributed by atoms with Crippen LogP contribution in [0, 0.1) is 13.8 Å². The molecule has 0 radical (unpaired) electrons.